The molecule has 1 N–H and O–H groups in total. The van der Waals surface area contributed by atoms with E-state index in [1.807, 2.05) is 0 Å². The van der Waals surface area contributed by atoms with Crippen LogP contribution in [-0.2, 0) is 0 Å². The Kier molecular flexibility index (Phi) is 5.47. The molecule has 106 valence electrons. The van der Waals surface area contributed by atoms with Crippen molar-refractivity contribution >= 4 is 15.9 Å². The van der Waals surface area contributed by atoms with Gasteiger partial charge >= 0.3 is 0 Å². The molecule has 2 heteroatoms. The van der Waals surface area contributed by atoms with Crippen LogP contribution in [0.4, 0.5) is 0 Å². The third-order valence-corrected chi connectivity index (χ3v) is 5.26. The number of nitrogens with one attached hydrogen (secondary N) is 1. The van der Waals surface area contributed by atoms with Crippen molar-refractivity contribution < 1.29 is 0 Å². The number of rotatable bonds is 6. The van der Waals surface area contributed by atoms with Gasteiger partial charge in [0.05, 0.1) is 0 Å². The molecule has 1 aliphatic rings. The van der Waals surface area contributed by atoms with Gasteiger partial charge < -0.3 is 5.32 Å². The lowest BCUT2D eigenvalue weighted by Crippen LogP contribution is -2.46. The van der Waals surface area contributed by atoms with Crippen LogP contribution in [0, 0.1) is 5.92 Å². The first-order chi connectivity index (χ1) is 9.13. The molecule has 0 radical (unpaired) electrons. The molecule has 0 amide bonds. The van der Waals surface area contributed by atoms with Crippen LogP contribution in [0.15, 0.2) is 28.7 Å². The normalized spacial score (nSPS) is 24.3. The smallest absolute Gasteiger partial charge is 0.0175 e. The molecule has 19 heavy (non-hydrogen) atoms. The van der Waals surface area contributed by atoms with E-state index in [1.54, 1.807) is 0 Å². The summed E-state index contributed by atoms with van der Waals surface area (Å²) < 4.78 is 1.17. The Balaban J connectivity index is 1.78. The Hall–Kier alpha value is -0.340. The second kappa shape index (κ2) is 6.90. The average Bonchev–Trinajstić information content (AvgIpc) is 2.36. The Morgan fingerprint density at radius 1 is 1.16 bits per heavy atom. The quantitative estimate of drug-likeness (QED) is 0.767. The van der Waals surface area contributed by atoms with Gasteiger partial charge in [0.2, 0.25) is 0 Å². The van der Waals surface area contributed by atoms with Crippen molar-refractivity contribution in [1.29, 1.82) is 0 Å². The Bertz CT molecular complexity index is 377. The second-order valence-electron chi connectivity index (χ2n) is 5.95. The van der Waals surface area contributed by atoms with Gasteiger partial charge in [0.25, 0.3) is 0 Å². The van der Waals surface area contributed by atoms with Gasteiger partial charge in [0, 0.05) is 16.6 Å². The molecule has 0 saturated heterocycles. The van der Waals surface area contributed by atoms with Crippen LogP contribution in [0.3, 0.4) is 0 Å². The van der Waals surface area contributed by atoms with E-state index in [1.165, 1.54) is 35.7 Å². The molecule has 0 aliphatic heterocycles. The molecule has 1 nitrogen and oxygen atoms in total. The van der Waals surface area contributed by atoms with E-state index in [-0.39, 0.29) is 0 Å². The van der Waals surface area contributed by atoms with E-state index < -0.39 is 0 Å². The van der Waals surface area contributed by atoms with Crippen LogP contribution in [0.25, 0.3) is 0 Å². The topological polar surface area (TPSA) is 12.0 Å². The average molecular weight is 324 g/mol. The summed E-state index contributed by atoms with van der Waals surface area (Å²) in [6, 6.07) is 10.2. The van der Waals surface area contributed by atoms with Crippen molar-refractivity contribution in [3.63, 3.8) is 0 Å². The molecule has 1 aliphatic carbocycles. The van der Waals surface area contributed by atoms with Gasteiger partial charge in [-0.3, -0.25) is 0 Å². The number of halogens is 1. The summed E-state index contributed by atoms with van der Waals surface area (Å²) >= 11 is 3.50. The van der Waals surface area contributed by atoms with Gasteiger partial charge in [-0.2, -0.15) is 0 Å². The summed E-state index contributed by atoms with van der Waals surface area (Å²) in [5.74, 6) is 1.59. The zero-order valence-electron chi connectivity index (χ0n) is 12.3. The molecule has 1 aromatic rings. The van der Waals surface area contributed by atoms with Gasteiger partial charge in [-0.05, 0) is 49.3 Å². The number of hydrogen-bond acceptors (Lipinski definition) is 1. The lowest BCUT2D eigenvalue weighted by molar-refractivity contribution is 0.232. The van der Waals surface area contributed by atoms with E-state index in [0.29, 0.717) is 6.04 Å². The van der Waals surface area contributed by atoms with E-state index >= 15 is 0 Å². The summed E-state index contributed by atoms with van der Waals surface area (Å²) in [6.07, 6.45) is 5.17. The molecule has 0 spiro atoms. The lowest BCUT2D eigenvalue weighted by atomic mass is 9.75. The number of benzene rings is 1. The first-order valence-electron chi connectivity index (χ1n) is 7.65. The van der Waals surface area contributed by atoms with E-state index in [4.69, 9.17) is 0 Å². The predicted octanol–water partition coefficient (Wildman–Crippen LogP) is 5.11. The van der Waals surface area contributed by atoms with E-state index in [2.05, 4.69) is 66.3 Å². The van der Waals surface area contributed by atoms with Gasteiger partial charge in [-0.1, -0.05) is 54.8 Å². The SMILES string of the molecule is CCC(CC)C(C)NC1CC(c2ccc(Br)cc2)C1. The second-order valence-corrected chi connectivity index (χ2v) is 6.86. The maximum Gasteiger partial charge on any atom is 0.0175 e. The third-order valence-electron chi connectivity index (χ3n) is 4.73. The highest BCUT2D eigenvalue weighted by Crippen LogP contribution is 2.37. The Labute approximate surface area is 126 Å². The molecule has 1 saturated carbocycles. The van der Waals surface area contributed by atoms with Crippen LogP contribution in [0.2, 0.25) is 0 Å². The van der Waals surface area contributed by atoms with Crippen molar-refractivity contribution in [1.82, 2.24) is 5.32 Å². The van der Waals surface area contributed by atoms with Crippen molar-refractivity contribution in [3.05, 3.63) is 34.3 Å². The van der Waals surface area contributed by atoms with Gasteiger partial charge in [-0.15, -0.1) is 0 Å². The van der Waals surface area contributed by atoms with Crippen molar-refractivity contribution in [3.8, 4) is 0 Å². The fraction of sp³-hybridized carbons (Fsp3) is 0.647. The summed E-state index contributed by atoms with van der Waals surface area (Å²) in [6.45, 7) is 6.96. The molecule has 1 unspecified atom stereocenters. The van der Waals surface area contributed by atoms with Crippen molar-refractivity contribution in [2.75, 3.05) is 0 Å². The van der Waals surface area contributed by atoms with Crippen molar-refractivity contribution in [2.24, 2.45) is 5.92 Å². The molecule has 0 heterocycles. The first-order valence-corrected chi connectivity index (χ1v) is 8.44. The highest BCUT2D eigenvalue weighted by Gasteiger charge is 2.31. The zero-order chi connectivity index (χ0) is 13.8. The van der Waals surface area contributed by atoms with Crippen LogP contribution >= 0.6 is 15.9 Å². The van der Waals surface area contributed by atoms with Gasteiger partial charge in [-0.25, -0.2) is 0 Å². The molecule has 1 fully saturated rings. The van der Waals surface area contributed by atoms with Crippen LogP contribution in [-0.4, -0.2) is 12.1 Å². The molecule has 0 bridgehead atoms. The largest absolute Gasteiger partial charge is 0.311 e. The Morgan fingerprint density at radius 2 is 1.74 bits per heavy atom. The fourth-order valence-electron chi connectivity index (χ4n) is 3.26. The van der Waals surface area contributed by atoms with Crippen LogP contribution < -0.4 is 5.32 Å². The molecular weight excluding hydrogens is 298 g/mol. The van der Waals surface area contributed by atoms with Gasteiger partial charge in [0.15, 0.2) is 0 Å². The summed E-state index contributed by atoms with van der Waals surface area (Å²) in [5.41, 5.74) is 1.50. The predicted molar refractivity (Wildman–Crippen MR) is 86.6 cm³/mol. The van der Waals surface area contributed by atoms with Crippen LogP contribution in [0.5, 0.6) is 0 Å². The summed E-state index contributed by atoms with van der Waals surface area (Å²) in [7, 11) is 0. The summed E-state index contributed by atoms with van der Waals surface area (Å²) in [5, 5.41) is 3.82. The minimum atomic E-state index is 0.658. The molecule has 1 atom stereocenters. The fourth-order valence-corrected chi connectivity index (χ4v) is 3.53. The summed E-state index contributed by atoms with van der Waals surface area (Å²) in [4.78, 5) is 0. The van der Waals surface area contributed by atoms with E-state index in [9.17, 15) is 0 Å². The lowest BCUT2D eigenvalue weighted by Gasteiger charge is -2.39. The number of hydrogen-bond donors (Lipinski definition) is 1. The molecule has 1 aromatic carbocycles. The maximum atomic E-state index is 3.82. The first kappa shape index (κ1) is 15.1. The zero-order valence-corrected chi connectivity index (χ0v) is 13.9. The minimum absolute atomic E-state index is 0.658. The minimum Gasteiger partial charge on any atom is -0.311 e. The highest BCUT2D eigenvalue weighted by molar-refractivity contribution is 9.10. The van der Waals surface area contributed by atoms with Crippen LogP contribution in [0.1, 0.15) is 57.9 Å². The van der Waals surface area contributed by atoms with Crippen molar-refractivity contribution in [2.45, 2.75) is 64.5 Å². The Morgan fingerprint density at radius 3 is 2.26 bits per heavy atom. The monoisotopic (exact) mass is 323 g/mol. The molecule has 0 aromatic heterocycles. The standard InChI is InChI=1S/C17H26BrN/c1-4-13(5-2)12(3)19-17-10-15(11-17)14-6-8-16(18)9-7-14/h6-9,12-13,15,17,19H,4-5,10-11H2,1-3H3. The van der Waals surface area contributed by atoms with Gasteiger partial charge in [0.1, 0.15) is 0 Å². The highest BCUT2D eigenvalue weighted by atomic mass is 79.9. The maximum absolute atomic E-state index is 3.82. The molecular formula is C17H26BrN. The molecule has 2 rings (SSSR count). The third kappa shape index (κ3) is 3.82. The van der Waals surface area contributed by atoms with E-state index in [0.717, 1.165) is 17.9 Å².